The number of aryl methyl sites for hydroxylation is 1. The van der Waals surface area contributed by atoms with Gasteiger partial charge in [0.25, 0.3) is 5.91 Å². The summed E-state index contributed by atoms with van der Waals surface area (Å²) >= 11 is 0. The fraction of sp³-hybridized carbons (Fsp3) is 0.304. The molecule has 0 spiro atoms. The van der Waals surface area contributed by atoms with Crippen LogP contribution >= 0.6 is 0 Å². The molecule has 0 saturated heterocycles. The lowest BCUT2D eigenvalue weighted by Crippen LogP contribution is -2.31. The number of benzene rings is 1. The Balaban J connectivity index is 2.01. The molecule has 2 heterocycles. The van der Waals surface area contributed by atoms with Crippen LogP contribution in [0.4, 0.5) is 5.82 Å². The van der Waals surface area contributed by atoms with Gasteiger partial charge in [0.05, 0.1) is 23.8 Å². The molecule has 0 atom stereocenters. The number of nitrogens with zero attached hydrogens (tertiary/aromatic N) is 2. The number of carbonyl (C=O) groups is 1. The molecular weight excluding hydrogens is 414 g/mol. The number of furan rings is 1. The van der Waals surface area contributed by atoms with E-state index in [0.717, 1.165) is 35.8 Å². The van der Waals surface area contributed by atoms with E-state index < -0.39 is 10.0 Å². The Hall–Kier alpha value is -3.13. The Morgan fingerprint density at radius 1 is 1.32 bits per heavy atom. The fourth-order valence-electron chi connectivity index (χ4n) is 3.68. The van der Waals surface area contributed by atoms with Crippen LogP contribution in [-0.4, -0.2) is 39.2 Å². The molecular formula is C23H25N3O4S. The molecule has 0 aliphatic heterocycles. The first-order valence-electron chi connectivity index (χ1n) is 10.1. The zero-order chi connectivity index (χ0) is 22.3. The Labute approximate surface area is 181 Å². The topological polar surface area (TPSA) is 92.5 Å². The first kappa shape index (κ1) is 21.1. The second-order valence-electron chi connectivity index (χ2n) is 7.86. The van der Waals surface area contributed by atoms with E-state index >= 15 is 0 Å². The van der Waals surface area contributed by atoms with Crippen LogP contribution in [0.5, 0.6) is 0 Å². The summed E-state index contributed by atoms with van der Waals surface area (Å²) in [5.41, 5.74) is 3.28. The minimum Gasteiger partial charge on any atom is -0.437 e. The van der Waals surface area contributed by atoms with E-state index in [-0.39, 0.29) is 24.1 Å². The summed E-state index contributed by atoms with van der Waals surface area (Å²) in [7, 11) is -2.01. The molecule has 1 fully saturated rings. The van der Waals surface area contributed by atoms with Gasteiger partial charge in [0, 0.05) is 12.6 Å². The SMILES string of the molecule is C=CCN(c1nc2oc(-c3ccc(C)cc3)c(C(=O)NC)c2cc1C1CC1)S(C)(=O)=O. The molecule has 1 N–H and O–H groups in total. The van der Waals surface area contributed by atoms with Gasteiger partial charge in [0.1, 0.15) is 11.6 Å². The van der Waals surface area contributed by atoms with Gasteiger partial charge < -0.3 is 9.73 Å². The number of aromatic nitrogens is 1. The number of amides is 1. The third kappa shape index (κ3) is 3.95. The minimum absolute atomic E-state index is 0.102. The van der Waals surface area contributed by atoms with Crippen molar-refractivity contribution >= 4 is 32.8 Å². The Kier molecular flexibility index (Phi) is 5.35. The first-order chi connectivity index (χ1) is 14.7. The second kappa shape index (κ2) is 7.85. The van der Waals surface area contributed by atoms with Crippen LogP contribution < -0.4 is 9.62 Å². The number of pyridine rings is 1. The molecule has 2 aromatic heterocycles. The second-order valence-corrected chi connectivity index (χ2v) is 9.77. The molecule has 1 saturated carbocycles. The van der Waals surface area contributed by atoms with E-state index in [0.29, 0.717) is 22.5 Å². The third-order valence-corrected chi connectivity index (χ3v) is 6.53. The Morgan fingerprint density at radius 3 is 2.55 bits per heavy atom. The monoisotopic (exact) mass is 439 g/mol. The highest BCUT2D eigenvalue weighted by Gasteiger charge is 2.33. The van der Waals surface area contributed by atoms with Gasteiger partial charge in [-0.25, -0.2) is 12.7 Å². The van der Waals surface area contributed by atoms with Gasteiger partial charge in [-0.05, 0) is 37.3 Å². The molecule has 8 heteroatoms. The molecule has 3 aromatic rings. The molecule has 0 bridgehead atoms. The van der Waals surface area contributed by atoms with Crippen LogP contribution in [0, 0.1) is 6.92 Å². The zero-order valence-corrected chi connectivity index (χ0v) is 18.6. The van der Waals surface area contributed by atoms with Crippen LogP contribution in [0.15, 0.2) is 47.4 Å². The number of fused-ring (bicyclic) bond motifs is 1. The van der Waals surface area contributed by atoms with Gasteiger partial charge in [-0.3, -0.25) is 4.79 Å². The summed E-state index contributed by atoms with van der Waals surface area (Å²) < 4.78 is 32.3. The predicted molar refractivity (Wildman–Crippen MR) is 122 cm³/mol. The lowest BCUT2D eigenvalue weighted by molar-refractivity contribution is 0.0964. The number of hydrogen-bond acceptors (Lipinski definition) is 5. The lowest BCUT2D eigenvalue weighted by Gasteiger charge is -2.22. The van der Waals surface area contributed by atoms with E-state index in [9.17, 15) is 13.2 Å². The van der Waals surface area contributed by atoms with E-state index in [2.05, 4.69) is 16.9 Å². The van der Waals surface area contributed by atoms with Crippen molar-refractivity contribution < 1.29 is 17.6 Å². The molecule has 7 nitrogen and oxygen atoms in total. The van der Waals surface area contributed by atoms with Gasteiger partial charge in [-0.2, -0.15) is 4.98 Å². The summed E-state index contributed by atoms with van der Waals surface area (Å²) in [5.74, 6) is 0.674. The van der Waals surface area contributed by atoms with Gasteiger partial charge in [-0.1, -0.05) is 35.9 Å². The van der Waals surface area contributed by atoms with E-state index in [4.69, 9.17) is 4.42 Å². The van der Waals surface area contributed by atoms with Crippen LogP contribution in [0.3, 0.4) is 0 Å². The summed E-state index contributed by atoms with van der Waals surface area (Å²) in [6.45, 7) is 5.77. The molecule has 1 aliphatic carbocycles. The van der Waals surface area contributed by atoms with Crippen LogP contribution in [0.2, 0.25) is 0 Å². The molecule has 1 aliphatic rings. The molecule has 31 heavy (non-hydrogen) atoms. The fourth-order valence-corrected chi connectivity index (χ4v) is 4.52. The van der Waals surface area contributed by atoms with Crippen molar-refractivity contribution in [1.29, 1.82) is 0 Å². The van der Waals surface area contributed by atoms with Crippen molar-refractivity contribution in [3.8, 4) is 11.3 Å². The van der Waals surface area contributed by atoms with Crippen LogP contribution in [0.25, 0.3) is 22.4 Å². The summed E-state index contributed by atoms with van der Waals surface area (Å²) in [6, 6.07) is 9.54. The smallest absolute Gasteiger partial charge is 0.255 e. The van der Waals surface area contributed by atoms with Gasteiger partial charge in [-0.15, -0.1) is 6.58 Å². The molecule has 162 valence electrons. The summed E-state index contributed by atoms with van der Waals surface area (Å²) in [4.78, 5) is 17.4. The van der Waals surface area contributed by atoms with Gasteiger partial charge >= 0.3 is 0 Å². The third-order valence-electron chi connectivity index (χ3n) is 5.41. The maximum absolute atomic E-state index is 12.8. The van der Waals surface area contributed by atoms with Gasteiger partial charge in [0.15, 0.2) is 0 Å². The lowest BCUT2D eigenvalue weighted by atomic mass is 10.0. The maximum Gasteiger partial charge on any atom is 0.255 e. The molecule has 4 rings (SSSR count). The van der Waals surface area contributed by atoms with Crippen molar-refractivity contribution in [2.24, 2.45) is 0 Å². The van der Waals surface area contributed by atoms with E-state index in [1.165, 1.54) is 10.4 Å². The highest BCUT2D eigenvalue weighted by atomic mass is 32.2. The van der Waals surface area contributed by atoms with Gasteiger partial charge in [0.2, 0.25) is 15.7 Å². The number of sulfonamides is 1. The van der Waals surface area contributed by atoms with Crippen molar-refractivity contribution in [2.45, 2.75) is 25.7 Å². The minimum atomic E-state index is -3.58. The van der Waals surface area contributed by atoms with Crippen LogP contribution in [0.1, 0.15) is 40.2 Å². The number of nitrogens with one attached hydrogen (secondary N) is 1. The van der Waals surface area contributed by atoms with Crippen molar-refractivity contribution in [3.63, 3.8) is 0 Å². The molecule has 1 aromatic carbocycles. The summed E-state index contributed by atoms with van der Waals surface area (Å²) in [5, 5.41) is 3.26. The normalized spacial score (nSPS) is 13.9. The Morgan fingerprint density at radius 2 is 2.00 bits per heavy atom. The molecule has 0 radical (unpaired) electrons. The van der Waals surface area contributed by atoms with E-state index in [1.54, 1.807) is 7.05 Å². The number of carbonyl (C=O) groups excluding carboxylic acids is 1. The van der Waals surface area contributed by atoms with Crippen molar-refractivity contribution in [3.05, 3.63) is 59.7 Å². The zero-order valence-electron chi connectivity index (χ0n) is 17.8. The first-order valence-corrected chi connectivity index (χ1v) is 11.9. The van der Waals surface area contributed by atoms with E-state index in [1.807, 2.05) is 37.3 Å². The quantitative estimate of drug-likeness (QED) is 0.562. The highest BCUT2D eigenvalue weighted by Crippen LogP contribution is 2.46. The standard InChI is InChI=1S/C23H25N3O4S/c1-5-12-26(31(4,28)29)21-17(15-10-11-15)13-18-19(22(27)24-3)20(30-23(18)25-21)16-8-6-14(2)7-9-16/h5-9,13,15H,1,10-12H2,2-4H3,(H,24,27). The highest BCUT2D eigenvalue weighted by molar-refractivity contribution is 7.92. The average Bonchev–Trinajstić information content (AvgIpc) is 3.51. The molecule has 0 unspecified atom stereocenters. The number of hydrogen-bond donors (Lipinski definition) is 1. The molecule has 1 amide bonds. The summed E-state index contributed by atoms with van der Waals surface area (Å²) in [6.07, 6.45) is 4.57. The number of rotatable bonds is 7. The largest absolute Gasteiger partial charge is 0.437 e. The Bertz CT molecular complexity index is 1270. The predicted octanol–water partition coefficient (Wildman–Crippen LogP) is 3.99. The van der Waals surface area contributed by atoms with Crippen molar-refractivity contribution in [1.82, 2.24) is 10.3 Å². The number of anilines is 1. The average molecular weight is 440 g/mol. The van der Waals surface area contributed by atoms with Crippen molar-refractivity contribution in [2.75, 3.05) is 24.2 Å². The van der Waals surface area contributed by atoms with Crippen LogP contribution in [-0.2, 0) is 10.0 Å². The maximum atomic E-state index is 12.8.